The Balaban J connectivity index is -0.0000000600. The van der Waals surface area contributed by atoms with E-state index in [2.05, 4.69) is 190 Å². The Morgan fingerprint density at radius 1 is 0.478 bits per heavy atom. The van der Waals surface area contributed by atoms with Crippen LogP contribution in [0.1, 0.15) is 103 Å². The number of aliphatic hydroxyl groups excluding tert-OH is 1. The molecule has 0 spiro atoms. The van der Waals surface area contributed by atoms with Gasteiger partial charge in [0.1, 0.15) is 6.61 Å². The summed E-state index contributed by atoms with van der Waals surface area (Å²) in [6.45, 7) is 1.60. The Morgan fingerprint density at radius 2 is 0.797 bits per heavy atom. The molecule has 2 aliphatic rings. The fourth-order valence-electron chi connectivity index (χ4n) is 5.04. The molecule has 4 rings (SSSR count). The van der Waals surface area contributed by atoms with E-state index >= 15 is 0 Å². The van der Waals surface area contributed by atoms with E-state index in [1.807, 2.05) is 0 Å². The Hall–Kier alpha value is -12.0. The lowest BCUT2D eigenvalue weighted by molar-refractivity contribution is -0.144. The van der Waals surface area contributed by atoms with Crippen LogP contribution >= 0.6 is 0 Å². The molecule has 0 radical (unpaired) electrons. The normalized spacial score (nSPS) is 9.41. The molecule has 12 heteroatoms. The second kappa shape index (κ2) is 27.1. The smallest absolute Gasteiger partial charge is 0.354 e. The highest BCUT2D eigenvalue weighted by molar-refractivity contribution is 6.24. The number of nitrogens with zero attached hydrogens (tertiary/aromatic N) is 2. The molecule has 2 N–H and O–H groups in total. The SMILES string of the molecule is C=C=C=C=C=C=C=C=C=C=C=C=C=C=C=C=C=C=C=C=C=C=C=C=C=C=C=C=C=C=C=C=C=C(C(=O)O)C(=O)OCCN1C(=O)c2ccc(C(=O)c3ccc4c(c3)C(=O)N(CCO)C4=O)cc2C1=O.[HH].[HH].[HH].[HH].[HH].[HH].[HH].[HH].[HH].[HH].[HH].[HH].[HH].[HH].[HH].[HH].[HH].[HH].[HH].[HH].[HH].[HH].[HH].[HH].[HH].[HH].[HH].[HH].[HH].[HH].[HH].[HH]. The van der Waals surface area contributed by atoms with Gasteiger partial charge in [-0.05, 0) is 128 Å². The van der Waals surface area contributed by atoms with Crippen LogP contribution in [-0.2, 0) is 14.3 Å². The van der Waals surface area contributed by atoms with Crippen molar-refractivity contribution in [3.8, 4) is 0 Å². The molecule has 2 aliphatic heterocycles. The summed E-state index contributed by atoms with van der Waals surface area (Å²) in [7, 11) is 0. The molecular weight excluding hydrogens is 873 g/mol. The third-order valence-corrected chi connectivity index (χ3v) is 7.84. The van der Waals surface area contributed by atoms with E-state index in [0.717, 1.165) is 9.80 Å². The number of aliphatic carboxylic acids is 1. The number of β-amino-alcohol motifs (C(OH)–C–C–N with tert-alkyl or cyclic N) is 1. The number of imide groups is 2. The second-order valence-electron chi connectivity index (χ2n) is 12.0. The van der Waals surface area contributed by atoms with Crippen molar-refractivity contribution in [2.75, 3.05) is 26.3 Å². The summed E-state index contributed by atoms with van der Waals surface area (Å²) in [5.74, 6) is -6.53. The number of esters is 1. The number of rotatable bonds is 9. The van der Waals surface area contributed by atoms with Crippen LogP contribution in [0.2, 0.25) is 0 Å². The van der Waals surface area contributed by atoms with Crippen molar-refractivity contribution < 1.29 is 94.2 Å². The third-order valence-electron chi connectivity index (χ3n) is 7.84. The van der Waals surface area contributed by atoms with Gasteiger partial charge in [-0.25, -0.2) is 9.59 Å². The maximum Gasteiger partial charge on any atom is 0.354 e. The van der Waals surface area contributed by atoms with Crippen LogP contribution in [0.4, 0.5) is 0 Å². The lowest BCUT2D eigenvalue weighted by atomic mass is 9.96. The highest BCUT2D eigenvalue weighted by atomic mass is 16.5. The molecule has 0 saturated carbocycles. The van der Waals surface area contributed by atoms with Crippen LogP contribution in [0.25, 0.3) is 0 Å². The zero-order valence-corrected chi connectivity index (χ0v) is 35.1. The van der Waals surface area contributed by atoms with Gasteiger partial charge >= 0.3 is 11.9 Å². The topological polar surface area (TPSA) is 176 Å². The molecule has 0 unspecified atom stereocenters. The van der Waals surface area contributed by atoms with Gasteiger partial charge in [-0.15, -0.1) is 0 Å². The minimum Gasteiger partial charge on any atom is -0.477 e. The van der Waals surface area contributed by atoms with Gasteiger partial charge in [0.15, 0.2) is 11.4 Å². The van der Waals surface area contributed by atoms with Crippen molar-refractivity contribution in [1.82, 2.24) is 9.80 Å². The number of amides is 4. The fourth-order valence-corrected chi connectivity index (χ4v) is 5.04. The highest BCUT2D eigenvalue weighted by Gasteiger charge is 2.38. The van der Waals surface area contributed by atoms with E-state index in [0.29, 0.717) is 0 Å². The van der Waals surface area contributed by atoms with Gasteiger partial charge < -0.3 is 14.9 Å². The third kappa shape index (κ3) is 15.1. The Kier molecular flexibility index (Phi) is 19.5. The van der Waals surface area contributed by atoms with E-state index in [9.17, 15) is 43.8 Å². The summed E-state index contributed by atoms with van der Waals surface area (Å²) in [6.07, 6.45) is 0. The molecule has 4 amide bonds. The molecule has 2 aromatic carbocycles. The van der Waals surface area contributed by atoms with Crippen molar-refractivity contribution >= 4 is 41.4 Å². The molecule has 0 saturated heterocycles. The van der Waals surface area contributed by atoms with Gasteiger partial charge in [0, 0.05) is 137 Å². The number of hydrogen-bond donors (Lipinski definition) is 2. The maximum atomic E-state index is 13.3. The van der Waals surface area contributed by atoms with E-state index in [-0.39, 0.29) is 85.6 Å². The van der Waals surface area contributed by atoms with Crippen molar-refractivity contribution in [3.05, 3.63) is 265 Å². The maximum absolute atomic E-state index is 13.3. The summed E-state index contributed by atoms with van der Waals surface area (Å²) in [4.78, 5) is 90.4. The molecule has 0 aromatic heterocycles. The average molecular weight is 955 g/mol. The predicted octanol–water partition coefficient (Wildman–Crippen LogP) is 13.1. The van der Waals surface area contributed by atoms with Gasteiger partial charge in [-0.3, -0.25) is 33.8 Å². The molecular formula is C57H82N2O10. The first-order chi connectivity index (χ1) is 33.6. The number of benzene rings is 2. The van der Waals surface area contributed by atoms with Crippen LogP contribution in [0.5, 0.6) is 0 Å². The summed E-state index contributed by atoms with van der Waals surface area (Å²) < 4.78 is 4.95. The second-order valence-corrected chi connectivity index (χ2v) is 12.0. The van der Waals surface area contributed by atoms with Gasteiger partial charge in [-0.2, -0.15) is 0 Å². The monoisotopic (exact) mass is 955 g/mol. The molecule has 69 heavy (non-hydrogen) atoms. The first-order valence-corrected chi connectivity index (χ1v) is 18.8. The number of carbonyl (C=O) groups excluding carboxylic acids is 6. The number of aliphatic hydroxyl groups is 1. The molecule has 0 aliphatic carbocycles. The summed E-state index contributed by atoms with van der Waals surface area (Å²) in [6, 6.07) is 7.68. The minimum absolute atomic E-state index is 0. The van der Waals surface area contributed by atoms with Gasteiger partial charge in [0.2, 0.25) is 0 Å². The van der Waals surface area contributed by atoms with E-state index in [4.69, 9.17) is 4.74 Å². The predicted molar refractivity (Wildman–Crippen MR) is 302 cm³/mol. The Bertz CT molecular complexity index is 4150. The molecule has 0 fully saturated rings. The van der Waals surface area contributed by atoms with Crippen molar-refractivity contribution in [2.24, 2.45) is 0 Å². The van der Waals surface area contributed by atoms with Crippen LogP contribution in [0, 0.1) is 0 Å². The summed E-state index contributed by atoms with van der Waals surface area (Å²) in [5.41, 5.74) is 76.1. The van der Waals surface area contributed by atoms with Crippen molar-refractivity contribution in [2.45, 2.75) is 0 Å². The molecule has 0 bridgehead atoms. The van der Waals surface area contributed by atoms with Gasteiger partial charge in [0.05, 0.1) is 42.0 Å². The zero-order valence-electron chi connectivity index (χ0n) is 35.1. The Morgan fingerprint density at radius 3 is 1.13 bits per heavy atom. The van der Waals surface area contributed by atoms with Crippen LogP contribution in [-0.4, -0.2) is 87.7 Å². The molecule has 2 heterocycles. The minimum atomic E-state index is -1.72. The Labute approximate surface area is 437 Å². The standard InChI is InChI=1S/C57H18N2O10.32H2/c1-2-3-4-5-6-7-8-9-10-11-12-13-14-15-16-17-18-19-20-21-22-23-24-25-26-27-28-29-30-31-32-33-48(56(66)67)57(68)69-41-39-59-53(63)47-37-35-45(43-50(47)55(59)65)51(61)44-34-36-46-49(42-44)54(64)58(38-40-60)52(46)62;;;;;;;;;;;;;;;;;;;;;;;;;;;;;;;;/h34-37,42-43,60H,1,38-41H2,(H,66,67);32*1H. The lowest BCUT2D eigenvalue weighted by Gasteiger charge is -2.13. The number of carboxylic acid groups (broad SMARTS) is 1. The first-order valence-electron chi connectivity index (χ1n) is 18.8. The van der Waals surface area contributed by atoms with Crippen LogP contribution < -0.4 is 0 Å². The van der Waals surface area contributed by atoms with Crippen molar-refractivity contribution in [3.63, 3.8) is 0 Å². The van der Waals surface area contributed by atoms with Crippen molar-refractivity contribution in [1.29, 1.82) is 0 Å². The van der Waals surface area contributed by atoms with Crippen LogP contribution in [0.15, 0.2) is 232 Å². The molecule has 12 nitrogen and oxygen atoms in total. The van der Waals surface area contributed by atoms with E-state index < -0.39 is 66.7 Å². The van der Waals surface area contributed by atoms with E-state index in [1.54, 1.807) is 0 Å². The average Bonchev–Trinajstić information content (AvgIpc) is 3.98. The number of fused-ring (bicyclic) bond motifs is 2. The van der Waals surface area contributed by atoms with E-state index in [1.165, 1.54) is 36.4 Å². The lowest BCUT2D eigenvalue weighted by Crippen LogP contribution is -2.33. The number of hydrogen-bond acceptors (Lipinski definition) is 9. The van der Waals surface area contributed by atoms with Gasteiger partial charge in [-0.1, -0.05) is 17.9 Å². The largest absolute Gasteiger partial charge is 0.477 e. The number of ketones is 1. The van der Waals surface area contributed by atoms with Gasteiger partial charge in [0.25, 0.3) is 23.6 Å². The highest BCUT2D eigenvalue weighted by Crippen LogP contribution is 2.27. The molecule has 0 atom stereocenters. The first kappa shape index (κ1) is 49.6. The summed E-state index contributed by atoms with van der Waals surface area (Å²) in [5, 5.41) is 18.6. The quantitative estimate of drug-likeness (QED) is 0.0468. The van der Waals surface area contributed by atoms with Crippen LogP contribution in [0.3, 0.4) is 0 Å². The number of carbonyl (C=O) groups is 7. The number of ether oxygens (including phenoxy) is 1. The zero-order chi connectivity index (χ0) is 49.6. The summed E-state index contributed by atoms with van der Waals surface area (Å²) >= 11 is 0. The number of carboxylic acids is 1. The molecule has 2 aromatic rings. The molecule has 380 valence electrons. The fraction of sp³-hybridized carbons (Fsp3) is 0.0702.